The van der Waals surface area contributed by atoms with Crippen LogP contribution in [-0.2, 0) is 10.5 Å². The summed E-state index contributed by atoms with van der Waals surface area (Å²) < 4.78 is 5.14. The molecule has 1 fully saturated rings. The van der Waals surface area contributed by atoms with Gasteiger partial charge in [0.25, 0.3) is 5.91 Å². The molecule has 4 rings (SSSR count). The van der Waals surface area contributed by atoms with Gasteiger partial charge in [-0.25, -0.2) is 0 Å². The highest BCUT2D eigenvalue weighted by Crippen LogP contribution is 2.27. The highest BCUT2D eigenvalue weighted by atomic mass is 32.2. The summed E-state index contributed by atoms with van der Waals surface area (Å²) >= 11 is 1.58. The molecule has 8 heteroatoms. The molecule has 2 amide bonds. The van der Waals surface area contributed by atoms with Gasteiger partial charge in [0.05, 0.1) is 17.8 Å². The Morgan fingerprint density at radius 1 is 1.03 bits per heavy atom. The number of hydrogen-bond acceptors (Lipinski definition) is 6. The van der Waals surface area contributed by atoms with E-state index in [0.29, 0.717) is 44.0 Å². The standard InChI is InChI=1S/C26H30N4O3S/c1-18-8-9-23(19(2)14-18)27-25(31)16-29-10-12-30(13-11-29)26(32)22-6-4-5-7-24(22)34-17-21-15-20(3)33-28-21/h4-9,14-15H,10-13,16-17H2,1-3H3,(H,27,31). The Labute approximate surface area is 204 Å². The molecule has 7 nitrogen and oxygen atoms in total. The average Bonchev–Trinajstić information content (AvgIpc) is 3.25. The molecular weight excluding hydrogens is 448 g/mol. The number of nitrogens with one attached hydrogen (secondary N) is 1. The maximum absolute atomic E-state index is 13.3. The van der Waals surface area contributed by atoms with Crippen LogP contribution in [0.2, 0.25) is 0 Å². The molecule has 3 aromatic rings. The fourth-order valence-corrected chi connectivity index (χ4v) is 4.96. The van der Waals surface area contributed by atoms with Crippen LogP contribution in [0.1, 0.15) is 32.9 Å². The highest BCUT2D eigenvalue weighted by molar-refractivity contribution is 7.98. The van der Waals surface area contributed by atoms with Crippen LogP contribution < -0.4 is 5.32 Å². The Morgan fingerprint density at radius 3 is 2.50 bits per heavy atom. The SMILES string of the molecule is Cc1ccc(NC(=O)CN2CCN(C(=O)c3ccccc3SCc3cc(C)on3)CC2)c(C)c1. The van der Waals surface area contributed by atoms with Crippen LogP contribution >= 0.6 is 11.8 Å². The number of aromatic nitrogens is 1. The number of nitrogens with zero attached hydrogens (tertiary/aromatic N) is 3. The first kappa shape index (κ1) is 24.0. The van der Waals surface area contributed by atoms with E-state index in [1.165, 1.54) is 5.56 Å². The zero-order valence-electron chi connectivity index (χ0n) is 19.8. The Balaban J connectivity index is 1.30. The van der Waals surface area contributed by atoms with Gasteiger partial charge in [0.2, 0.25) is 5.91 Å². The number of hydrogen-bond donors (Lipinski definition) is 1. The van der Waals surface area contributed by atoms with Crippen molar-refractivity contribution in [2.45, 2.75) is 31.4 Å². The molecule has 2 aromatic carbocycles. The fraction of sp³-hybridized carbons (Fsp3) is 0.346. The van der Waals surface area contributed by atoms with Gasteiger partial charge < -0.3 is 14.7 Å². The molecule has 0 bridgehead atoms. The molecule has 0 unspecified atom stereocenters. The van der Waals surface area contributed by atoms with Crippen LogP contribution in [0.3, 0.4) is 0 Å². The topological polar surface area (TPSA) is 78.7 Å². The van der Waals surface area contributed by atoms with Crippen molar-refractivity contribution in [3.05, 3.63) is 76.7 Å². The van der Waals surface area contributed by atoms with E-state index < -0.39 is 0 Å². The van der Waals surface area contributed by atoms with Gasteiger partial charge in [-0.05, 0) is 44.5 Å². The van der Waals surface area contributed by atoms with Crippen molar-refractivity contribution in [2.75, 3.05) is 38.0 Å². The molecule has 0 radical (unpaired) electrons. The first-order chi connectivity index (χ1) is 16.4. The summed E-state index contributed by atoms with van der Waals surface area (Å²) in [6.45, 7) is 8.74. The molecule has 1 N–H and O–H groups in total. The molecule has 2 heterocycles. The van der Waals surface area contributed by atoms with Gasteiger partial charge in [0.1, 0.15) is 5.76 Å². The van der Waals surface area contributed by atoms with Crippen molar-refractivity contribution < 1.29 is 14.1 Å². The van der Waals surface area contributed by atoms with E-state index in [9.17, 15) is 9.59 Å². The predicted octanol–water partition coefficient (Wildman–Crippen LogP) is 4.29. The zero-order chi connectivity index (χ0) is 24.1. The first-order valence-electron chi connectivity index (χ1n) is 11.4. The smallest absolute Gasteiger partial charge is 0.255 e. The van der Waals surface area contributed by atoms with E-state index in [1.807, 2.05) is 68.1 Å². The van der Waals surface area contributed by atoms with Crippen LogP contribution in [0, 0.1) is 20.8 Å². The first-order valence-corrected chi connectivity index (χ1v) is 12.4. The van der Waals surface area contributed by atoms with Crippen LogP contribution in [0.4, 0.5) is 5.69 Å². The van der Waals surface area contributed by atoms with Gasteiger partial charge in [-0.1, -0.05) is 35.0 Å². The number of carbonyl (C=O) groups excluding carboxylic acids is 2. The quantitative estimate of drug-likeness (QED) is 0.511. The largest absolute Gasteiger partial charge is 0.361 e. The Hall–Kier alpha value is -3.10. The van der Waals surface area contributed by atoms with Crippen molar-refractivity contribution in [3.63, 3.8) is 0 Å². The van der Waals surface area contributed by atoms with Gasteiger partial charge in [0.15, 0.2) is 0 Å². The summed E-state index contributed by atoms with van der Waals surface area (Å²) in [6, 6.07) is 15.6. The van der Waals surface area contributed by atoms with Crippen LogP contribution in [0.15, 0.2) is 57.9 Å². The summed E-state index contributed by atoms with van der Waals surface area (Å²) in [5.41, 5.74) is 4.63. The van der Waals surface area contributed by atoms with Crippen LogP contribution in [0.25, 0.3) is 0 Å². The normalized spacial score (nSPS) is 14.3. The minimum Gasteiger partial charge on any atom is -0.361 e. The number of aryl methyl sites for hydroxylation is 3. The predicted molar refractivity (Wildman–Crippen MR) is 134 cm³/mol. The second-order valence-electron chi connectivity index (χ2n) is 8.65. The fourth-order valence-electron chi connectivity index (χ4n) is 4.03. The second kappa shape index (κ2) is 10.9. The summed E-state index contributed by atoms with van der Waals surface area (Å²) in [5.74, 6) is 1.42. The maximum Gasteiger partial charge on any atom is 0.255 e. The lowest BCUT2D eigenvalue weighted by atomic mass is 10.1. The van der Waals surface area contributed by atoms with E-state index in [0.717, 1.165) is 27.6 Å². The van der Waals surface area contributed by atoms with Crippen molar-refractivity contribution >= 4 is 29.3 Å². The summed E-state index contributed by atoms with van der Waals surface area (Å²) in [6.07, 6.45) is 0. The molecule has 34 heavy (non-hydrogen) atoms. The van der Waals surface area contributed by atoms with Gasteiger partial charge in [0, 0.05) is 48.6 Å². The number of amides is 2. The second-order valence-corrected chi connectivity index (χ2v) is 9.67. The number of piperazine rings is 1. The van der Waals surface area contributed by atoms with Crippen LogP contribution in [0.5, 0.6) is 0 Å². The van der Waals surface area contributed by atoms with E-state index in [-0.39, 0.29) is 11.8 Å². The molecule has 1 aliphatic rings. The monoisotopic (exact) mass is 478 g/mol. The van der Waals surface area contributed by atoms with Crippen molar-refractivity contribution in [2.24, 2.45) is 0 Å². The van der Waals surface area contributed by atoms with Crippen molar-refractivity contribution in [3.8, 4) is 0 Å². The highest BCUT2D eigenvalue weighted by Gasteiger charge is 2.25. The van der Waals surface area contributed by atoms with Crippen molar-refractivity contribution in [1.29, 1.82) is 0 Å². The Morgan fingerprint density at radius 2 is 1.79 bits per heavy atom. The third-order valence-corrected chi connectivity index (χ3v) is 6.96. The number of anilines is 1. The third-order valence-electron chi connectivity index (χ3n) is 5.85. The van der Waals surface area contributed by atoms with E-state index in [4.69, 9.17) is 4.52 Å². The maximum atomic E-state index is 13.3. The summed E-state index contributed by atoms with van der Waals surface area (Å²) in [7, 11) is 0. The molecule has 1 saturated heterocycles. The van der Waals surface area contributed by atoms with Gasteiger partial charge >= 0.3 is 0 Å². The Bertz CT molecular complexity index is 1170. The molecule has 0 spiro atoms. The van der Waals surface area contributed by atoms with E-state index in [1.54, 1.807) is 11.8 Å². The van der Waals surface area contributed by atoms with E-state index in [2.05, 4.69) is 21.4 Å². The minimum atomic E-state index is -0.0310. The van der Waals surface area contributed by atoms with Crippen LogP contribution in [-0.4, -0.2) is 59.5 Å². The number of benzene rings is 2. The molecular formula is C26H30N4O3S. The molecule has 1 aromatic heterocycles. The lowest BCUT2D eigenvalue weighted by Gasteiger charge is -2.34. The van der Waals surface area contributed by atoms with Gasteiger partial charge in [-0.2, -0.15) is 0 Å². The summed E-state index contributed by atoms with van der Waals surface area (Å²) in [5, 5.41) is 7.04. The van der Waals surface area contributed by atoms with Gasteiger partial charge in [-0.15, -0.1) is 11.8 Å². The lowest BCUT2D eigenvalue weighted by Crippen LogP contribution is -2.50. The minimum absolute atomic E-state index is 0.0267. The average molecular weight is 479 g/mol. The summed E-state index contributed by atoms with van der Waals surface area (Å²) in [4.78, 5) is 30.7. The molecule has 0 aliphatic carbocycles. The number of carbonyl (C=O) groups is 2. The zero-order valence-corrected chi connectivity index (χ0v) is 20.7. The molecule has 0 atom stereocenters. The van der Waals surface area contributed by atoms with Crippen molar-refractivity contribution in [1.82, 2.24) is 15.0 Å². The number of rotatable bonds is 7. The lowest BCUT2D eigenvalue weighted by molar-refractivity contribution is -0.117. The molecule has 1 aliphatic heterocycles. The Kier molecular flexibility index (Phi) is 7.70. The van der Waals surface area contributed by atoms with E-state index >= 15 is 0 Å². The number of thioether (sulfide) groups is 1. The molecule has 0 saturated carbocycles. The van der Waals surface area contributed by atoms with Gasteiger partial charge in [-0.3, -0.25) is 14.5 Å². The molecule has 178 valence electrons. The third kappa shape index (κ3) is 6.07.